The quantitative estimate of drug-likeness (QED) is 0.860. The van der Waals surface area contributed by atoms with Gasteiger partial charge in [0.25, 0.3) is 0 Å². The summed E-state index contributed by atoms with van der Waals surface area (Å²) < 4.78 is 5.31. The summed E-state index contributed by atoms with van der Waals surface area (Å²) in [4.78, 5) is 27.9. The SMILES string of the molecule is O=C(NCc1ccco1)[C@@H]1C[C@H](c2ccccc2)CN(C(=O)C2CCCC2)C1. The predicted molar refractivity (Wildman–Crippen MR) is 106 cm³/mol. The molecule has 1 aromatic carbocycles. The van der Waals surface area contributed by atoms with Gasteiger partial charge in [0.1, 0.15) is 5.76 Å². The molecule has 4 rings (SSSR count). The Hall–Kier alpha value is -2.56. The molecule has 0 spiro atoms. The van der Waals surface area contributed by atoms with Gasteiger partial charge in [-0.05, 0) is 37.0 Å². The van der Waals surface area contributed by atoms with E-state index in [-0.39, 0.29) is 29.6 Å². The lowest BCUT2D eigenvalue weighted by molar-refractivity contribution is -0.139. The lowest BCUT2D eigenvalue weighted by Gasteiger charge is -2.38. The molecule has 2 fully saturated rings. The zero-order valence-electron chi connectivity index (χ0n) is 16.2. The number of benzene rings is 1. The highest BCUT2D eigenvalue weighted by Gasteiger charge is 2.37. The standard InChI is InChI=1S/C23H28N2O3/c26-22(24-14-21-11-6-12-28-21)20-13-19(17-7-2-1-3-8-17)15-25(16-20)23(27)18-9-4-5-10-18/h1-3,6-8,11-12,18-20H,4-5,9-10,13-16H2,(H,24,26)/t19-,20+/m0/s1. The van der Waals surface area contributed by atoms with Crippen LogP contribution in [0.25, 0.3) is 0 Å². The first-order valence-corrected chi connectivity index (χ1v) is 10.3. The van der Waals surface area contributed by atoms with Crippen molar-refractivity contribution < 1.29 is 14.0 Å². The second kappa shape index (κ2) is 8.63. The van der Waals surface area contributed by atoms with Gasteiger partial charge in [0.15, 0.2) is 0 Å². The maximum atomic E-state index is 13.1. The number of nitrogens with one attached hydrogen (secondary N) is 1. The molecule has 1 aliphatic carbocycles. The Kier molecular flexibility index (Phi) is 5.79. The van der Waals surface area contributed by atoms with Gasteiger partial charge in [0.05, 0.1) is 18.7 Å². The zero-order valence-corrected chi connectivity index (χ0v) is 16.2. The maximum Gasteiger partial charge on any atom is 0.225 e. The molecule has 1 N–H and O–H groups in total. The molecule has 148 valence electrons. The topological polar surface area (TPSA) is 62.6 Å². The lowest BCUT2D eigenvalue weighted by atomic mass is 9.83. The summed E-state index contributed by atoms with van der Waals surface area (Å²) in [5.74, 6) is 1.12. The number of carbonyl (C=O) groups is 2. The van der Waals surface area contributed by atoms with Gasteiger partial charge >= 0.3 is 0 Å². The average Bonchev–Trinajstić information content (AvgIpc) is 3.46. The third kappa shape index (κ3) is 4.29. The van der Waals surface area contributed by atoms with Gasteiger partial charge in [-0.15, -0.1) is 0 Å². The van der Waals surface area contributed by atoms with E-state index in [1.165, 1.54) is 5.56 Å². The summed E-state index contributed by atoms with van der Waals surface area (Å²) in [5.41, 5.74) is 1.20. The number of rotatable bonds is 5. The third-order valence-electron chi connectivity index (χ3n) is 6.13. The molecule has 0 radical (unpaired) electrons. The van der Waals surface area contributed by atoms with Gasteiger partial charge in [0, 0.05) is 24.9 Å². The van der Waals surface area contributed by atoms with Crippen LogP contribution in [0.1, 0.15) is 49.3 Å². The average molecular weight is 380 g/mol. The summed E-state index contributed by atoms with van der Waals surface area (Å²) in [6, 6.07) is 13.9. The molecule has 0 unspecified atom stereocenters. The Balaban J connectivity index is 1.47. The molecular weight excluding hydrogens is 352 g/mol. The first-order chi connectivity index (χ1) is 13.7. The number of nitrogens with zero attached hydrogens (tertiary/aromatic N) is 1. The van der Waals surface area contributed by atoms with Crippen LogP contribution in [0.4, 0.5) is 0 Å². The van der Waals surface area contributed by atoms with E-state index in [4.69, 9.17) is 4.42 Å². The summed E-state index contributed by atoms with van der Waals surface area (Å²) in [6.07, 6.45) is 6.62. The van der Waals surface area contributed by atoms with Crippen molar-refractivity contribution in [2.24, 2.45) is 11.8 Å². The van der Waals surface area contributed by atoms with Crippen LogP contribution in [0.3, 0.4) is 0 Å². The van der Waals surface area contributed by atoms with Crippen molar-refractivity contribution in [1.29, 1.82) is 0 Å². The fourth-order valence-electron chi connectivity index (χ4n) is 4.60. The molecular formula is C23H28N2O3. The van der Waals surface area contributed by atoms with Gasteiger partial charge in [-0.25, -0.2) is 0 Å². The fraction of sp³-hybridized carbons (Fsp3) is 0.478. The van der Waals surface area contributed by atoms with Gasteiger partial charge in [-0.3, -0.25) is 9.59 Å². The molecule has 0 bridgehead atoms. The minimum atomic E-state index is -0.195. The van der Waals surface area contributed by atoms with E-state index < -0.39 is 0 Å². The Morgan fingerprint density at radius 3 is 2.50 bits per heavy atom. The van der Waals surface area contributed by atoms with Crippen molar-refractivity contribution in [3.63, 3.8) is 0 Å². The third-order valence-corrected chi connectivity index (χ3v) is 6.13. The molecule has 2 aromatic rings. The Bertz CT molecular complexity index is 781. The molecule has 2 atom stereocenters. The zero-order chi connectivity index (χ0) is 19.3. The van der Waals surface area contributed by atoms with Crippen LogP contribution >= 0.6 is 0 Å². The number of amides is 2. The van der Waals surface area contributed by atoms with Crippen LogP contribution in [0.2, 0.25) is 0 Å². The smallest absolute Gasteiger partial charge is 0.225 e. The molecule has 1 saturated heterocycles. The van der Waals surface area contributed by atoms with E-state index in [1.807, 2.05) is 35.2 Å². The van der Waals surface area contributed by atoms with Gasteiger partial charge in [-0.1, -0.05) is 43.2 Å². The number of hydrogen-bond donors (Lipinski definition) is 1. The summed E-state index contributed by atoms with van der Waals surface area (Å²) in [6.45, 7) is 1.61. The number of hydrogen-bond acceptors (Lipinski definition) is 3. The van der Waals surface area contributed by atoms with Crippen molar-refractivity contribution >= 4 is 11.8 Å². The molecule has 1 saturated carbocycles. The van der Waals surface area contributed by atoms with Crippen molar-refractivity contribution in [2.45, 2.75) is 44.6 Å². The Labute approximate surface area is 166 Å². The molecule has 2 heterocycles. The van der Waals surface area contributed by atoms with E-state index in [1.54, 1.807) is 6.26 Å². The highest BCUT2D eigenvalue weighted by atomic mass is 16.3. The first kappa shape index (κ1) is 18.8. The number of furan rings is 1. The highest BCUT2D eigenvalue weighted by Crippen LogP contribution is 2.34. The van der Waals surface area contributed by atoms with Crippen LogP contribution in [-0.4, -0.2) is 29.8 Å². The van der Waals surface area contributed by atoms with Crippen LogP contribution in [-0.2, 0) is 16.1 Å². The number of piperidine rings is 1. The normalized spacial score (nSPS) is 22.9. The van der Waals surface area contributed by atoms with E-state index in [0.29, 0.717) is 19.6 Å². The first-order valence-electron chi connectivity index (χ1n) is 10.3. The van der Waals surface area contributed by atoms with Crippen LogP contribution in [0.5, 0.6) is 0 Å². The monoisotopic (exact) mass is 380 g/mol. The van der Waals surface area contributed by atoms with E-state index >= 15 is 0 Å². The van der Waals surface area contributed by atoms with E-state index in [0.717, 1.165) is 37.9 Å². The second-order valence-electron chi connectivity index (χ2n) is 8.06. The van der Waals surface area contributed by atoms with Crippen LogP contribution < -0.4 is 5.32 Å². The minimum absolute atomic E-state index is 0.00116. The van der Waals surface area contributed by atoms with Gasteiger partial charge < -0.3 is 14.6 Å². The van der Waals surface area contributed by atoms with Crippen molar-refractivity contribution in [3.8, 4) is 0 Å². The summed E-state index contributed by atoms with van der Waals surface area (Å²) in [5, 5.41) is 2.99. The molecule has 1 aliphatic heterocycles. The number of carbonyl (C=O) groups excluding carboxylic acids is 2. The molecule has 5 nitrogen and oxygen atoms in total. The Morgan fingerprint density at radius 2 is 1.79 bits per heavy atom. The molecule has 1 aromatic heterocycles. The van der Waals surface area contributed by atoms with Crippen molar-refractivity contribution in [2.75, 3.05) is 13.1 Å². The van der Waals surface area contributed by atoms with Gasteiger partial charge in [-0.2, -0.15) is 0 Å². The molecule has 5 heteroatoms. The fourth-order valence-corrected chi connectivity index (χ4v) is 4.60. The van der Waals surface area contributed by atoms with Crippen LogP contribution in [0.15, 0.2) is 53.1 Å². The molecule has 2 amide bonds. The maximum absolute atomic E-state index is 13.1. The summed E-state index contributed by atoms with van der Waals surface area (Å²) >= 11 is 0. The predicted octanol–water partition coefficient (Wildman–Crippen LogP) is 3.72. The largest absolute Gasteiger partial charge is 0.467 e. The van der Waals surface area contributed by atoms with E-state index in [2.05, 4.69) is 17.4 Å². The second-order valence-corrected chi connectivity index (χ2v) is 8.06. The van der Waals surface area contributed by atoms with E-state index in [9.17, 15) is 9.59 Å². The van der Waals surface area contributed by atoms with Crippen LogP contribution in [0, 0.1) is 11.8 Å². The minimum Gasteiger partial charge on any atom is -0.467 e. The molecule has 2 aliphatic rings. The van der Waals surface area contributed by atoms with Crippen molar-refractivity contribution in [3.05, 3.63) is 60.1 Å². The Morgan fingerprint density at radius 1 is 1.00 bits per heavy atom. The molecule has 28 heavy (non-hydrogen) atoms. The number of likely N-dealkylation sites (tertiary alicyclic amines) is 1. The lowest BCUT2D eigenvalue weighted by Crippen LogP contribution is -2.49. The highest BCUT2D eigenvalue weighted by molar-refractivity contribution is 5.82. The van der Waals surface area contributed by atoms with Crippen molar-refractivity contribution in [1.82, 2.24) is 10.2 Å². The summed E-state index contributed by atoms with van der Waals surface area (Å²) in [7, 11) is 0. The van der Waals surface area contributed by atoms with Gasteiger partial charge in [0.2, 0.25) is 11.8 Å².